The van der Waals surface area contributed by atoms with E-state index in [1.54, 1.807) is 11.9 Å². The van der Waals surface area contributed by atoms with Gasteiger partial charge in [-0.2, -0.15) is 0 Å². The molecular formula is C21H26N2O2. The number of hydrogen-bond acceptors (Lipinski definition) is 2. The summed E-state index contributed by atoms with van der Waals surface area (Å²) in [5.41, 5.74) is 2.06. The molecular weight excluding hydrogens is 312 g/mol. The fourth-order valence-corrected chi connectivity index (χ4v) is 2.86. The second kappa shape index (κ2) is 9.62. The Morgan fingerprint density at radius 2 is 1.52 bits per heavy atom. The molecule has 0 aliphatic carbocycles. The summed E-state index contributed by atoms with van der Waals surface area (Å²) in [5.74, 6) is -0.125. The molecule has 0 radical (unpaired) electrons. The minimum Gasteiger partial charge on any atom is -0.357 e. The van der Waals surface area contributed by atoms with Crippen LogP contribution in [0.2, 0.25) is 0 Å². The van der Waals surface area contributed by atoms with E-state index in [1.807, 2.05) is 67.6 Å². The Hall–Kier alpha value is -2.62. The van der Waals surface area contributed by atoms with E-state index in [0.29, 0.717) is 19.4 Å². The van der Waals surface area contributed by atoms with Crippen LogP contribution in [0.15, 0.2) is 60.7 Å². The number of nitrogens with one attached hydrogen (secondary N) is 1. The first-order chi connectivity index (χ1) is 12.2. The minimum atomic E-state index is -0.522. The summed E-state index contributed by atoms with van der Waals surface area (Å²) < 4.78 is 0. The van der Waals surface area contributed by atoms with Crippen molar-refractivity contribution < 1.29 is 9.59 Å². The Bertz CT molecular complexity index is 671. The lowest BCUT2D eigenvalue weighted by atomic mass is 10.0. The van der Waals surface area contributed by atoms with E-state index in [4.69, 9.17) is 0 Å². The first kappa shape index (κ1) is 18.7. The van der Waals surface area contributed by atoms with Gasteiger partial charge >= 0.3 is 0 Å². The molecule has 2 rings (SSSR count). The van der Waals surface area contributed by atoms with Gasteiger partial charge in [-0.1, -0.05) is 67.6 Å². The Morgan fingerprint density at radius 1 is 0.960 bits per heavy atom. The van der Waals surface area contributed by atoms with Crippen LogP contribution in [0.5, 0.6) is 0 Å². The first-order valence-corrected chi connectivity index (χ1v) is 8.74. The molecule has 2 aromatic rings. The predicted molar refractivity (Wildman–Crippen MR) is 99.9 cm³/mol. The van der Waals surface area contributed by atoms with Gasteiger partial charge in [0.1, 0.15) is 6.04 Å². The van der Waals surface area contributed by atoms with E-state index < -0.39 is 6.04 Å². The fraction of sp³-hybridized carbons (Fsp3) is 0.333. The first-order valence-electron chi connectivity index (χ1n) is 8.74. The molecule has 0 saturated carbocycles. The number of benzene rings is 2. The average molecular weight is 338 g/mol. The zero-order valence-corrected chi connectivity index (χ0v) is 14.9. The van der Waals surface area contributed by atoms with Crippen LogP contribution in [0.3, 0.4) is 0 Å². The molecule has 4 nitrogen and oxygen atoms in total. The van der Waals surface area contributed by atoms with E-state index in [2.05, 4.69) is 5.32 Å². The van der Waals surface area contributed by atoms with Crippen LogP contribution in [0.25, 0.3) is 0 Å². The number of amides is 2. The average Bonchev–Trinajstić information content (AvgIpc) is 2.65. The van der Waals surface area contributed by atoms with Crippen LogP contribution >= 0.6 is 0 Å². The molecule has 2 aromatic carbocycles. The predicted octanol–water partition coefficient (Wildman–Crippen LogP) is 3.17. The standard InChI is InChI=1S/C21H26N2O2/c1-3-10-20(24)23(16-18-13-8-5-9-14-18)19(21(25)22-2)15-17-11-6-4-7-12-17/h4-9,11-14,19H,3,10,15-16H2,1-2H3,(H,22,25)/t19-/m0/s1. The summed E-state index contributed by atoms with van der Waals surface area (Å²) >= 11 is 0. The highest BCUT2D eigenvalue weighted by Gasteiger charge is 2.29. The van der Waals surface area contributed by atoms with Crippen molar-refractivity contribution in [3.8, 4) is 0 Å². The molecule has 2 amide bonds. The van der Waals surface area contributed by atoms with Gasteiger partial charge in [-0.15, -0.1) is 0 Å². The molecule has 0 aliphatic heterocycles. The van der Waals surface area contributed by atoms with E-state index >= 15 is 0 Å². The second-order valence-corrected chi connectivity index (χ2v) is 6.08. The lowest BCUT2D eigenvalue weighted by Crippen LogP contribution is -2.49. The third kappa shape index (κ3) is 5.45. The van der Waals surface area contributed by atoms with Gasteiger partial charge < -0.3 is 10.2 Å². The van der Waals surface area contributed by atoms with Crippen LogP contribution < -0.4 is 5.32 Å². The van der Waals surface area contributed by atoms with Gasteiger partial charge in [0.15, 0.2) is 0 Å². The number of rotatable bonds is 8. The summed E-state index contributed by atoms with van der Waals surface area (Å²) in [7, 11) is 1.62. The third-order valence-electron chi connectivity index (χ3n) is 4.18. The van der Waals surface area contributed by atoms with Crippen molar-refractivity contribution in [2.24, 2.45) is 0 Å². The van der Waals surface area contributed by atoms with Crippen molar-refractivity contribution in [2.75, 3.05) is 7.05 Å². The Morgan fingerprint density at radius 3 is 2.04 bits per heavy atom. The monoisotopic (exact) mass is 338 g/mol. The molecule has 132 valence electrons. The van der Waals surface area contributed by atoms with Gasteiger partial charge in [0.25, 0.3) is 0 Å². The van der Waals surface area contributed by atoms with Crippen molar-refractivity contribution >= 4 is 11.8 Å². The lowest BCUT2D eigenvalue weighted by molar-refractivity contribution is -0.141. The highest BCUT2D eigenvalue weighted by Crippen LogP contribution is 2.16. The van der Waals surface area contributed by atoms with Crippen LogP contribution in [0.1, 0.15) is 30.9 Å². The zero-order valence-electron chi connectivity index (χ0n) is 14.9. The Kier molecular flexibility index (Phi) is 7.20. The fourth-order valence-electron chi connectivity index (χ4n) is 2.86. The molecule has 0 saturated heterocycles. The van der Waals surface area contributed by atoms with Gasteiger partial charge in [-0.05, 0) is 17.5 Å². The highest BCUT2D eigenvalue weighted by molar-refractivity contribution is 5.87. The highest BCUT2D eigenvalue weighted by atomic mass is 16.2. The molecule has 0 aliphatic rings. The summed E-state index contributed by atoms with van der Waals surface area (Å²) in [4.78, 5) is 27.0. The molecule has 0 spiro atoms. The maximum absolute atomic E-state index is 12.7. The summed E-state index contributed by atoms with van der Waals surface area (Å²) in [6.07, 6.45) is 1.70. The number of carbonyl (C=O) groups excluding carboxylic acids is 2. The summed E-state index contributed by atoms with van der Waals surface area (Å²) in [6, 6.07) is 19.1. The van der Waals surface area contributed by atoms with Crippen LogP contribution in [-0.4, -0.2) is 29.8 Å². The molecule has 1 atom stereocenters. The zero-order chi connectivity index (χ0) is 18.1. The van der Waals surface area contributed by atoms with E-state index in [1.165, 1.54) is 0 Å². The quantitative estimate of drug-likeness (QED) is 0.804. The van der Waals surface area contributed by atoms with Gasteiger partial charge in [0.2, 0.25) is 11.8 Å². The van der Waals surface area contributed by atoms with Gasteiger partial charge in [0, 0.05) is 26.4 Å². The molecule has 1 N–H and O–H groups in total. The maximum atomic E-state index is 12.7. The third-order valence-corrected chi connectivity index (χ3v) is 4.18. The normalized spacial score (nSPS) is 11.6. The summed E-state index contributed by atoms with van der Waals surface area (Å²) in [6.45, 7) is 2.41. The second-order valence-electron chi connectivity index (χ2n) is 6.08. The van der Waals surface area contributed by atoms with Crippen molar-refractivity contribution in [1.29, 1.82) is 0 Å². The summed E-state index contributed by atoms with van der Waals surface area (Å²) in [5, 5.41) is 2.72. The van der Waals surface area contributed by atoms with Gasteiger partial charge in [-0.3, -0.25) is 9.59 Å². The SMILES string of the molecule is CCCC(=O)N(Cc1ccccc1)[C@@H](Cc1ccccc1)C(=O)NC. The van der Waals surface area contributed by atoms with Crippen molar-refractivity contribution in [3.05, 3.63) is 71.8 Å². The molecule has 25 heavy (non-hydrogen) atoms. The molecule has 0 heterocycles. The smallest absolute Gasteiger partial charge is 0.242 e. The molecule has 0 bridgehead atoms. The topological polar surface area (TPSA) is 49.4 Å². The Balaban J connectivity index is 2.30. The van der Waals surface area contributed by atoms with Crippen molar-refractivity contribution in [2.45, 2.75) is 38.8 Å². The van der Waals surface area contributed by atoms with Gasteiger partial charge in [0.05, 0.1) is 0 Å². The molecule has 0 fully saturated rings. The number of nitrogens with zero attached hydrogens (tertiary/aromatic N) is 1. The molecule has 0 unspecified atom stereocenters. The molecule has 4 heteroatoms. The Labute approximate surface area is 149 Å². The number of likely N-dealkylation sites (N-methyl/N-ethyl adjacent to an activating group) is 1. The van der Waals surface area contributed by atoms with Crippen molar-refractivity contribution in [3.63, 3.8) is 0 Å². The van der Waals surface area contributed by atoms with E-state index in [9.17, 15) is 9.59 Å². The van der Waals surface area contributed by atoms with Crippen molar-refractivity contribution in [1.82, 2.24) is 10.2 Å². The molecule has 0 aromatic heterocycles. The largest absolute Gasteiger partial charge is 0.357 e. The van der Waals surface area contributed by atoms with E-state index in [0.717, 1.165) is 17.5 Å². The van der Waals surface area contributed by atoms with E-state index in [-0.39, 0.29) is 11.8 Å². The van der Waals surface area contributed by atoms with Crippen LogP contribution in [0, 0.1) is 0 Å². The van der Waals surface area contributed by atoms with Crippen LogP contribution in [0.4, 0.5) is 0 Å². The van der Waals surface area contributed by atoms with Crippen LogP contribution in [-0.2, 0) is 22.6 Å². The lowest BCUT2D eigenvalue weighted by Gasteiger charge is -2.31. The minimum absolute atomic E-state index is 0.0101. The number of hydrogen-bond donors (Lipinski definition) is 1. The number of carbonyl (C=O) groups is 2. The maximum Gasteiger partial charge on any atom is 0.242 e. The van der Waals surface area contributed by atoms with Gasteiger partial charge in [-0.25, -0.2) is 0 Å².